The SMILES string of the molecule is CCC(N)(CC)CNC(=O)Cc1csc(-c2cccs2)n1. The molecule has 2 aromatic heterocycles. The second kappa shape index (κ2) is 7.15. The largest absolute Gasteiger partial charge is 0.354 e. The molecule has 0 spiro atoms. The van der Waals surface area contributed by atoms with E-state index in [9.17, 15) is 4.79 Å². The second-order valence-electron chi connectivity index (χ2n) is 5.14. The quantitative estimate of drug-likeness (QED) is 0.823. The van der Waals surface area contributed by atoms with Crippen LogP contribution in [-0.2, 0) is 11.2 Å². The van der Waals surface area contributed by atoms with E-state index in [2.05, 4.69) is 10.3 Å². The third-order valence-corrected chi connectivity index (χ3v) is 5.60. The van der Waals surface area contributed by atoms with Crippen molar-refractivity contribution in [1.29, 1.82) is 0 Å². The van der Waals surface area contributed by atoms with Crippen molar-refractivity contribution in [1.82, 2.24) is 10.3 Å². The third-order valence-electron chi connectivity index (χ3n) is 3.67. The molecule has 114 valence electrons. The number of rotatable bonds is 7. The van der Waals surface area contributed by atoms with E-state index in [0.29, 0.717) is 13.0 Å². The number of thiazole rings is 1. The highest BCUT2D eigenvalue weighted by Crippen LogP contribution is 2.27. The minimum absolute atomic E-state index is 0.0187. The van der Waals surface area contributed by atoms with Crippen LogP contribution in [0.15, 0.2) is 22.9 Å². The molecule has 0 fully saturated rings. The molecule has 1 amide bonds. The molecule has 0 aromatic carbocycles. The van der Waals surface area contributed by atoms with Crippen LogP contribution in [0.4, 0.5) is 0 Å². The lowest BCUT2D eigenvalue weighted by Gasteiger charge is -2.26. The number of hydrogen-bond acceptors (Lipinski definition) is 5. The smallest absolute Gasteiger partial charge is 0.226 e. The normalized spacial score (nSPS) is 11.6. The molecule has 21 heavy (non-hydrogen) atoms. The van der Waals surface area contributed by atoms with Crippen LogP contribution >= 0.6 is 22.7 Å². The highest BCUT2D eigenvalue weighted by atomic mass is 32.1. The molecular weight excluding hydrogens is 302 g/mol. The van der Waals surface area contributed by atoms with Crippen molar-refractivity contribution in [2.45, 2.75) is 38.6 Å². The summed E-state index contributed by atoms with van der Waals surface area (Å²) in [7, 11) is 0. The fourth-order valence-electron chi connectivity index (χ4n) is 1.90. The Morgan fingerprint density at radius 1 is 1.38 bits per heavy atom. The van der Waals surface area contributed by atoms with Crippen molar-refractivity contribution in [3.8, 4) is 9.88 Å². The molecule has 2 heterocycles. The van der Waals surface area contributed by atoms with Crippen molar-refractivity contribution in [2.24, 2.45) is 5.73 Å². The van der Waals surface area contributed by atoms with Gasteiger partial charge in [0.15, 0.2) is 0 Å². The number of nitrogens with zero attached hydrogens (tertiary/aromatic N) is 1. The van der Waals surface area contributed by atoms with Gasteiger partial charge in [0.05, 0.1) is 17.0 Å². The number of hydrogen-bond donors (Lipinski definition) is 2. The van der Waals surface area contributed by atoms with E-state index in [1.54, 1.807) is 22.7 Å². The molecule has 0 aliphatic carbocycles. The topological polar surface area (TPSA) is 68.0 Å². The summed E-state index contributed by atoms with van der Waals surface area (Å²) in [6.45, 7) is 4.60. The Morgan fingerprint density at radius 2 is 2.14 bits per heavy atom. The number of thiophene rings is 1. The van der Waals surface area contributed by atoms with Gasteiger partial charge in [-0.2, -0.15) is 0 Å². The van der Waals surface area contributed by atoms with Crippen LogP contribution < -0.4 is 11.1 Å². The summed E-state index contributed by atoms with van der Waals surface area (Å²) in [5, 5.41) is 7.87. The molecule has 6 heteroatoms. The Hall–Kier alpha value is -1.24. The molecule has 2 aromatic rings. The fraction of sp³-hybridized carbons (Fsp3) is 0.467. The summed E-state index contributed by atoms with van der Waals surface area (Å²) in [6.07, 6.45) is 2.01. The van der Waals surface area contributed by atoms with Gasteiger partial charge in [-0.25, -0.2) is 4.98 Å². The fourth-order valence-corrected chi connectivity index (χ4v) is 3.54. The van der Waals surface area contributed by atoms with E-state index < -0.39 is 0 Å². The maximum absolute atomic E-state index is 12.0. The first kappa shape index (κ1) is 16.1. The van der Waals surface area contributed by atoms with E-state index in [1.807, 2.05) is 36.7 Å². The number of carbonyl (C=O) groups excluding carboxylic acids is 1. The number of nitrogens with two attached hydrogens (primary N) is 1. The summed E-state index contributed by atoms with van der Waals surface area (Å²) in [5.41, 5.74) is 6.69. The summed E-state index contributed by atoms with van der Waals surface area (Å²) in [4.78, 5) is 17.6. The van der Waals surface area contributed by atoms with Gasteiger partial charge >= 0.3 is 0 Å². The first-order chi connectivity index (χ1) is 10.1. The molecular formula is C15H21N3OS2. The number of nitrogens with one attached hydrogen (secondary N) is 1. The summed E-state index contributed by atoms with van der Waals surface area (Å²) in [6, 6.07) is 4.04. The van der Waals surface area contributed by atoms with E-state index >= 15 is 0 Å². The molecule has 2 rings (SSSR count). The van der Waals surface area contributed by atoms with E-state index in [4.69, 9.17) is 5.73 Å². The lowest BCUT2D eigenvalue weighted by molar-refractivity contribution is -0.120. The lowest BCUT2D eigenvalue weighted by Crippen LogP contribution is -2.49. The zero-order chi connectivity index (χ0) is 15.3. The molecule has 0 aliphatic heterocycles. The maximum atomic E-state index is 12.0. The van der Waals surface area contributed by atoms with E-state index in [-0.39, 0.29) is 11.4 Å². The van der Waals surface area contributed by atoms with Gasteiger partial charge in [0, 0.05) is 17.5 Å². The number of carbonyl (C=O) groups is 1. The van der Waals surface area contributed by atoms with Crippen LogP contribution in [-0.4, -0.2) is 23.0 Å². The Labute approximate surface area is 133 Å². The minimum atomic E-state index is -0.306. The average molecular weight is 323 g/mol. The van der Waals surface area contributed by atoms with Crippen molar-refractivity contribution >= 4 is 28.6 Å². The standard InChI is InChI=1S/C15H21N3OS2/c1-3-15(16,4-2)10-17-13(19)8-11-9-21-14(18-11)12-6-5-7-20-12/h5-7,9H,3-4,8,10,16H2,1-2H3,(H,17,19). The average Bonchev–Trinajstić information content (AvgIpc) is 3.15. The van der Waals surface area contributed by atoms with Crippen molar-refractivity contribution in [2.75, 3.05) is 6.54 Å². The van der Waals surface area contributed by atoms with Crippen LogP contribution in [0.2, 0.25) is 0 Å². The van der Waals surface area contributed by atoms with Crippen LogP contribution in [0.5, 0.6) is 0 Å². The van der Waals surface area contributed by atoms with Gasteiger partial charge in [0.25, 0.3) is 0 Å². The highest BCUT2D eigenvalue weighted by molar-refractivity contribution is 7.20. The molecule has 0 aliphatic rings. The van der Waals surface area contributed by atoms with Crippen LogP contribution in [0.3, 0.4) is 0 Å². The van der Waals surface area contributed by atoms with E-state index in [0.717, 1.165) is 28.4 Å². The van der Waals surface area contributed by atoms with Gasteiger partial charge < -0.3 is 11.1 Å². The summed E-state index contributed by atoms with van der Waals surface area (Å²) < 4.78 is 0. The molecule has 0 unspecified atom stereocenters. The lowest BCUT2D eigenvalue weighted by atomic mass is 9.94. The Bertz CT molecular complexity index is 574. The second-order valence-corrected chi connectivity index (χ2v) is 6.95. The molecule has 4 nitrogen and oxygen atoms in total. The van der Waals surface area contributed by atoms with E-state index in [1.165, 1.54) is 0 Å². The van der Waals surface area contributed by atoms with Gasteiger partial charge in [-0.15, -0.1) is 22.7 Å². The van der Waals surface area contributed by atoms with Crippen LogP contribution in [0.1, 0.15) is 32.4 Å². The third kappa shape index (κ3) is 4.36. The number of aromatic nitrogens is 1. The van der Waals surface area contributed by atoms with Crippen molar-refractivity contribution < 1.29 is 4.79 Å². The van der Waals surface area contributed by atoms with Crippen LogP contribution in [0, 0.1) is 0 Å². The maximum Gasteiger partial charge on any atom is 0.226 e. The molecule has 0 atom stereocenters. The summed E-state index contributed by atoms with van der Waals surface area (Å²) >= 11 is 3.24. The van der Waals surface area contributed by atoms with Gasteiger partial charge in [0.1, 0.15) is 5.01 Å². The molecule has 0 saturated heterocycles. The van der Waals surface area contributed by atoms with Gasteiger partial charge in [-0.1, -0.05) is 19.9 Å². The first-order valence-electron chi connectivity index (χ1n) is 7.10. The van der Waals surface area contributed by atoms with Crippen molar-refractivity contribution in [3.05, 3.63) is 28.6 Å². The van der Waals surface area contributed by atoms with Gasteiger partial charge in [-0.05, 0) is 24.3 Å². The molecule has 0 bridgehead atoms. The first-order valence-corrected chi connectivity index (χ1v) is 8.86. The zero-order valence-electron chi connectivity index (χ0n) is 12.4. The number of amides is 1. The van der Waals surface area contributed by atoms with Gasteiger partial charge in [-0.3, -0.25) is 4.79 Å². The molecule has 0 saturated carbocycles. The predicted molar refractivity (Wildman–Crippen MR) is 89.6 cm³/mol. The Balaban J connectivity index is 1.89. The Morgan fingerprint density at radius 3 is 2.76 bits per heavy atom. The zero-order valence-corrected chi connectivity index (χ0v) is 14.0. The molecule has 3 N–H and O–H groups in total. The highest BCUT2D eigenvalue weighted by Gasteiger charge is 2.21. The van der Waals surface area contributed by atoms with Crippen LogP contribution in [0.25, 0.3) is 9.88 Å². The Kier molecular flexibility index (Phi) is 5.50. The summed E-state index contributed by atoms with van der Waals surface area (Å²) in [5.74, 6) is -0.0187. The molecule has 0 radical (unpaired) electrons. The van der Waals surface area contributed by atoms with Gasteiger partial charge in [0.2, 0.25) is 5.91 Å². The minimum Gasteiger partial charge on any atom is -0.354 e. The predicted octanol–water partition coefficient (Wildman–Crippen LogP) is 3.05. The monoisotopic (exact) mass is 323 g/mol. The van der Waals surface area contributed by atoms with Crippen molar-refractivity contribution in [3.63, 3.8) is 0 Å².